The summed E-state index contributed by atoms with van der Waals surface area (Å²) < 4.78 is 0. The van der Waals surface area contributed by atoms with Gasteiger partial charge in [0.1, 0.15) is 0 Å². The van der Waals surface area contributed by atoms with Crippen LogP contribution in [0.2, 0.25) is 5.02 Å². The van der Waals surface area contributed by atoms with Crippen LogP contribution in [0.25, 0.3) is 0 Å². The van der Waals surface area contributed by atoms with Crippen molar-refractivity contribution in [3.05, 3.63) is 41.4 Å². The quantitative estimate of drug-likeness (QED) is 0.572. The highest BCUT2D eigenvalue weighted by Crippen LogP contribution is 2.19. The molecule has 0 saturated carbocycles. The third kappa shape index (κ3) is 3.11. The van der Waals surface area contributed by atoms with E-state index >= 15 is 0 Å². The van der Waals surface area contributed by atoms with Crippen molar-refractivity contribution in [3.63, 3.8) is 0 Å². The molecule has 0 saturated heterocycles. The van der Waals surface area contributed by atoms with Gasteiger partial charge in [-0.1, -0.05) is 23.7 Å². The molecule has 0 bridgehead atoms. The summed E-state index contributed by atoms with van der Waals surface area (Å²) in [6.07, 6.45) is 2.86. The first-order chi connectivity index (χ1) is 6.24. The summed E-state index contributed by atoms with van der Waals surface area (Å²) in [5.41, 5.74) is 2.32. The molecule has 1 aromatic carbocycles. The van der Waals surface area contributed by atoms with Gasteiger partial charge in [-0.05, 0) is 31.0 Å². The van der Waals surface area contributed by atoms with E-state index < -0.39 is 0 Å². The summed E-state index contributed by atoms with van der Waals surface area (Å²) in [6.45, 7) is 6.64. The van der Waals surface area contributed by atoms with Gasteiger partial charge in [-0.2, -0.15) is 0 Å². The Hall–Kier alpha value is -0.950. The zero-order valence-electron chi connectivity index (χ0n) is 7.81. The van der Waals surface area contributed by atoms with Gasteiger partial charge < -0.3 is 5.32 Å². The fraction of sp³-hybridized carbons (Fsp3) is 0.273. The maximum absolute atomic E-state index is 5.87. The Balaban J connectivity index is 2.64. The summed E-state index contributed by atoms with van der Waals surface area (Å²) >= 11 is 5.87. The molecule has 0 aliphatic rings. The van der Waals surface area contributed by atoms with Crippen molar-refractivity contribution in [1.29, 1.82) is 0 Å². The van der Waals surface area contributed by atoms with E-state index in [9.17, 15) is 0 Å². The summed E-state index contributed by atoms with van der Waals surface area (Å²) in [4.78, 5) is 0. The fourth-order valence-corrected chi connectivity index (χ4v) is 1.27. The molecule has 1 N–H and O–H groups in total. The van der Waals surface area contributed by atoms with E-state index in [4.69, 9.17) is 11.6 Å². The first-order valence-electron chi connectivity index (χ1n) is 4.35. The number of rotatable bonds is 4. The molecule has 0 spiro atoms. The zero-order chi connectivity index (χ0) is 9.68. The summed E-state index contributed by atoms with van der Waals surface area (Å²) in [6, 6.07) is 5.86. The first kappa shape index (κ1) is 10.1. The van der Waals surface area contributed by atoms with Gasteiger partial charge in [0, 0.05) is 17.3 Å². The lowest BCUT2D eigenvalue weighted by Crippen LogP contribution is -2.01. The Bertz CT molecular complexity index is 294. The lowest BCUT2D eigenvalue weighted by Gasteiger charge is -2.08. The molecule has 70 valence electrons. The Morgan fingerprint density at radius 2 is 2.31 bits per heavy atom. The first-order valence-corrected chi connectivity index (χ1v) is 4.73. The minimum atomic E-state index is 0.770. The highest BCUT2D eigenvalue weighted by molar-refractivity contribution is 6.30. The monoisotopic (exact) mass is 195 g/mol. The molecular formula is C11H14ClN. The van der Waals surface area contributed by atoms with E-state index in [1.54, 1.807) is 0 Å². The Morgan fingerprint density at radius 3 is 3.00 bits per heavy atom. The number of aryl methyl sites for hydroxylation is 1. The summed E-state index contributed by atoms with van der Waals surface area (Å²) in [7, 11) is 0. The van der Waals surface area contributed by atoms with Crippen molar-refractivity contribution in [2.75, 3.05) is 11.9 Å². The standard InChI is InChI=1S/C11H14ClN/c1-3-4-7-13-11-8-10(12)6-5-9(11)2/h3,5-6,8,13H,1,4,7H2,2H3. The third-order valence-corrected chi connectivity index (χ3v) is 2.10. The molecule has 0 heterocycles. The van der Waals surface area contributed by atoms with Crippen LogP contribution in [0.4, 0.5) is 5.69 Å². The number of benzene rings is 1. The van der Waals surface area contributed by atoms with Crippen LogP contribution in [0.3, 0.4) is 0 Å². The van der Waals surface area contributed by atoms with Gasteiger partial charge in [-0.25, -0.2) is 0 Å². The van der Waals surface area contributed by atoms with E-state index in [1.165, 1.54) is 5.56 Å². The van der Waals surface area contributed by atoms with Gasteiger partial charge >= 0.3 is 0 Å². The molecule has 0 radical (unpaired) electrons. The molecule has 0 aromatic heterocycles. The molecule has 2 heteroatoms. The van der Waals surface area contributed by atoms with Crippen molar-refractivity contribution in [3.8, 4) is 0 Å². The molecule has 0 amide bonds. The van der Waals surface area contributed by atoms with Crippen LogP contribution in [0.1, 0.15) is 12.0 Å². The van der Waals surface area contributed by atoms with E-state index in [0.717, 1.165) is 23.7 Å². The molecular weight excluding hydrogens is 182 g/mol. The summed E-state index contributed by atoms with van der Waals surface area (Å²) in [5, 5.41) is 4.07. The smallest absolute Gasteiger partial charge is 0.0426 e. The topological polar surface area (TPSA) is 12.0 Å². The summed E-state index contributed by atoms with van der Waals surface area (Å²) in [5.74, 6) is 0. The number of halogens is 1. The predicted molar refractivity (Wildman–Crippen MR) is 59.5 cm³/mol. The van der Waals surface area contributed by atoms with Crippen molar-refractivity contribution < 1.29 is 0 Å². The van der Waals surface area contributed by atoms with Crippen molar-refractivity contribution in [2.24, 2.45) is 0 Å². The van der Waals surface area contributed by atoms with Gasteiger partial charge in [0.25, 0.3) is 0 Å². The van der Waals surface area contributed by atoms with Gasteiger partial charge in [0.05, 0.1) is 0 Å². The average molecular weight is 196 g/mol. The average Bonchev–Trinajstić information content (AvgIpc) is 2.11. The van der Waals surface area contributed by atoms with Crippen LogP contribution in [0, 0.1) is 6.92 Å². The van der Waals surface area contributed by atoms with Crippen LogP contribution in [0.5, 0.6) is 0 Å². The predicted octanol–water partition coefficient (Wildman–Crippen LogP) is 3.64. The zero-order valence-corrected chi connectivity index (χ0v) is 8.56. The van der Waals surface area contributed by atoms with Crippen LogP contribution in [-0.2, 0) is 0 Å². The molecule has 0 aliphatic carbocycles. The normalized spacial score (nSPS) is 9.69. The Morgan fingerprint density at radius 1 is 1.54 bits per heavy atom. The molecule has 13 heavy (non-hydrogen) atoms. The molecule has 1 rings (SSSR count). The molecule has 1 aromatic rings. The van der Waals surface area contributed by atoms with Gasteiger partial charge in [-0.3, -0.25) is 0 Å². The number of anilines is 1. The second kappa shape index (κ2) is 4.93. The number of nitrogens with one attached hydrogen (secondary N) is 1. The van der Waals surface area contributed by atoms with Crippen LogP contribution < -0.4 is 5.32 Å². The van der Waals surface area contributed by atoms with Gasteiger partial charge in [0.15, 0.2) is 0 Å². The van der Waals surface area contributed by atoms with Crippen molar-refractivity contribution in [1.82, 2.24) is 0 Å². The third-order valence-electron chi connectivity index (χ3n) is 1.86. The van der Waals surface area contributed by atoms with Crippen LogP contribution >= 0.6 is 11.6 Å². The Labute approximate surface area is 84.4 Å². The fourth-order valence-electron chi connectivity index (χ4n) is 1.09. The van der Waals surface area contributed by atoms with Crippen molar-refractivity contribution in [2.45, 2.75) is 13.3 Å². The van der Waals surface area contributed by atoms with E-state index in [0.29, 0.717) is 0 Å². The minimum absolute atomic E-state index is 0.770. The molecule has 0 unspecified atom stereocenters. The lowest BCUT2D eigenvalue weighted by atomic mass is 10.2. The van der Waals surface area contributed by atoms with E-state index in [1.807, 2.05) is 24.3 Å². The molecule has 0 fully saturated rings. The second-order valence-electron chi connectivity index (χ2n) is 2.96. The maximum Gasteiger partial charge on any atom is 0.0426 e. The Kier molecular flexibility index (Phi) is 3.84. The van der Waals surface area contributed by atoms with E-state index in [2.05, 4.69) is 18.8 Å². The maximum atomic E-state index is 5.87. The highest BCUT2D eigenvalue weighted by atomic mass is 35.5. The SMILES string of the molecule is C=CCCNc1cc(Cl)ccc1C. The lowest BCUT2D eigenvalue weighted by molar-refractivity contribution is 1.07. The molecule has 0 aliphatic heterocycles. The highest BCUT2D eigenvalue weighted by Gasteiger charge is 1.97. The number of hydrogen-bond acceptors (Lipinski definition) is 1. The van der Waals surface area contributed by atoms with Crippen molar-refractivity contribution >= 4 is 17.3 Å². The second-order valence-corrected chi connectivity index (χ2v) is 3.40. The minimum Gasteiger partial charge on any atom is -0.384 e. The van der Waals surface area contributed by atoms with Gasteiger partial charge in [0.2, 0.25) is 0 Å². The van der Waals surface area contributed by atoms with Gasteiger partial charge in [-0.15, -0.1) is 6.58 Å². The van der Waals surface area contributed by atoms with Crippen LogP contribution in [-0.4, -0.2) is 6.54 Å². The van der Waals surface area contributed by atoms with Crippen LogP contribution in [0.15, 0.2) is 30.9 Å². The number of hydrogen-bond donors (Lipinski definition) is 1. The molecule has 1 nitrogen and oxygen atoms in total. The van der Waals surface area contributed by atoms with E-state index in [-0.39, 0.29) is 0 Å². The largest absolute Gasteiger partial charge is 0.384 e. The molecule has 0 atom stereocenters.